The van der Waals surface area contributed by atoms with Gasteiger partial charge in [0, 0.05) is 34.7 Å². The zero-order valence-corrected chi connectivity index (χ0v) is 18.3. The van der Waals surface area contributed by atoms with Crippen LogP contribution in [0.25, 0.3) is 44.6 Å². The molecule has 3 aromatic heterocycles. The van der Waals surface area contributed by atoms with Crippen LogP contribution in [0.3, 0.4) is 0 Å². The van der Waals surface area contributed by atoms with Gasteiger partial charge in [-0.25, -0.2) is 9.97 Å². The number of H-pyrrole nitrogens is 1. The molecule has 170 valence electrons. The number of nitrogens with one attached hydrogen (secondary N) is 1. The Morgan fingerprint density at radius 3 is 2.44 bits per heavy atom. The van der Waals surface area contributed by atoms with E-state index >= 15 is 0 Å². The van der Waals surface area contributed by atoms with Crippen molar-refractivity contribution in [2.75, 3.05) is 0 Å². The number of rotatable bonds is 4. The SMILES string of the molecule is O=c1[nH]c2nc(-c3ccccc3)c(-c3cc(Cl)c4ncccc4c3)nc2cc1CCC(F)(F)F. The highest BCUT2D eigenvalue weighted by Gasteiger charge is 2.27. The lowest BCUT2D eigenvalue weighted by molar-refractivity contribution is -0.134. The van der Waals surface area contributed by atoms with Crippen molar-refractivity contribution in [1.82, 2.24) is 19.9 Å². The molecule has 0 saturated heterocycles. The molecule has 0 amide bonds. The molecular formula is C25H16ClF3N4O. The van der Waals surface area contributed by atoms with Crippen molar-refractivity contribution in [3.63, 3.8) is 0 Å². The minimum atomic E-state index is -4.37. The van der Waals surface area contributed by atoms with E-state index in [1.807, 2.05) is 42.5 Å². The summed E-state index contributed by atoms with van der Waals surface area (Å²) >= 11 is 6.49. The van der Waals surface area contributed by atoms with Crippen molar-refractivity contribution >= 4 is 33.7 Å². The number of aryl methyl sites for hydroxylation is 1. The Morgan fingerprint density at radius 2 is 1.68 bits per heavy atom. The Kier molecular flexibility index (Phi) is 5.53. The quantitative estimate of drug-likeness (QED) is 0.325. The van der Waals surface area contributed by atoms with Gasteiger partial charge in [-0.15, -0.1) is 0 Å². The number of aromatic nitrogens is 4. The van der Waals surface area contributed by atoms with Gasteiger partial charge in [-0.3, -0.25) is 9.78 Å². The summed E-state index contributed by atoms with van der Waals surface area (Å²) in [5.41, 5.74) is 2.92. The maximum atomic E-state index is 12.7. The van der Waals surface area contributed by atoms with E-state index < -0.39 is 24.6 Å². The minimum absolute atomic E-state index is 0.00159. The van der Waals surface area contributed by atoms with E-state index in [0.717, 1.165) is 10.9 Å². The zero-order chi connectivity index (χ0) is 23.9. The number of pyridine rings is 2. The number of aromatic amines is 1. The molecule has 1 N–H and O–H groups in total. The lowest BCUT2D eigenvalue weighted by Crippen LogP contribution is -2.17. The fourth-order valence-electron chi connectivity index (χ4n) is 3.80. The predicted octanol–water partition coefficient (Wildman–Crippen LogP) is 6.35. The van der Waals surface area contributed by atoms with Gasteiger partial charge in [0.1, 0.15) is 5.52 Å². The molecule has 0 aliphatic rings. The maximum absolute atomic E-state index is 12.7. The molecule has 5 nitrogen and oxygen atoms in total. The van der Waals surface area contributed by atoms with Gasteiger partial charge >= 0.3 is 6.18 Å². The number of fused-ring (bicyclic) bond motifs is 2. The molecule has 0 radical (unpaired) electrons. The summed E-state index contributed by atoms with van der Waals surface area (Å²) < 4.78 is 38.2. The van der Waals surface area contributed by atoms with E-state index in [4.69, 9.17) is 16.6 Å². The van der Waals surface area contributed by atoms with Crippen molar-refractivity contribution in [1.29, 1.82) is 0 Å². The Morgan fingerprint density at radius 1 is 0.912 bits per heavy atom. The molecule has 5 aromatic rings. The van der Waals surface area contributed by atoms with Crippen molar-refractivity contribution in [2.45, 2.75) is 19.0 Å². The highest BCUT2D eigenvalue weighted by atomic mass is 35.5. The minimum Gasteiger partial charge on any atom is -0.305 e. The second-order valence-electron chi connectivity index (χ2n) is 7.79. The van der Waals surface area contributed by atoms with Gasteiger partial charge < -0.3 is 4.98 Å². The van der Waals surface area contributed by atoms with E-state index in [0.29, 0.717) is 27.5 Å². The van der Waals surface area contributed by atoms with Crippen molar-refractivity contribution in [3.8, 4) is 22.5 Å². The Bertz CT molecular complexity index is 1580. The Balaban J connectivity index is 1.74. The van der Waals surface area contributed by atoms with Gasteiger partial charge in [0.2, 0.25) is 0 Å². The Hall–Kier alpha value is -3.78. The van der Waals surface area contributed by atoms with Crippen molar-refractivity contribution < 1.29 is 13.2 Å². The monoisotopic (exact) mass is 480 g/mol. The number of hydrogen-bond donors (Lipinski definition) is 1. The molecule has 0 bridgehead atoms. The molecule has 34 heavy (non-hydrogen) atoms. The van der Waals surface area contributed by atoms with Crippen LogP contribution in [0.1, 0.15) is 12.0 Å². The molecule has 0 unspecified atom stereocenters. The second kappa shape index (κ2) is 8.53. The average Bonchev–Trinajstić information content (AvgIpc) is 2.82. The maximum Gasteiger partial charge on any atom is 0.389 e. The molecule has 0 fully saturated rings. The largest absolute Gasteiger partial charge is 0.389 e. The molecule has 0 saturated carbocycles. The molecule has 0 aliphatic carbocycles. The van der Waals surface area contributed by atoms with Gasteiger partial charge in [0.15, 0.2) is 5.65 Å². The highest BCUT2D eigenvalue weighted by molar-refractivity contribution is 6.35. The van der Waals surface area contributed by atoms with Gasteiger partial charge in [-0.1, -0.05) is 48.0 Å². The molecule has 9 heteroatoms. The summed E-state index contributed by atoms with van der Waals surface area (Å²) in [6.45, 7) is 0. The third-order valence-electron chi connectivity index (χ3n) is 5.41. The topological polar surface area (TPSA) is 71.5 Å². The number of hydrogen-bond acceptors (Lipinski definition) is 4. The van der Waals surface area contributed by atoms with Crippen LogP contribution in [0, 0.1) is 0 Å². The van der Waals surface area contributed by atoms with E-state index in [1.165, 1.54) is 6.07 Å². The standard InChI is InChI=1S/C25H16ClF3N4O/c26-18-12-17(11-15-7-4-10-30-20(15)18)22-21(14-5-2-1-3-6-14)32-23-19(31-22)13-16(24(34)33-23)8-9-25(27,28)29/h1-7,10-13H,8-9H2,(H,32,33,34). The fraction of sp³-hybridized carbons (Fsp3) is 0.120. The molecule has 0 spiro atoms. The smallest absolute Gasteiger partial charge is 0.305 e. The third-order valence-corrected chi connectivity index (χ3v) is 5.70. The lowest BCUT2D eigenvalue weighted by Gasteiger charge is -2.12. The Labute approximate surface area is 196 Å². The van der Waals surface area contributed by atoms with E-state index in [9.17, 15) is 18.0 Å². The third kappa shape index (κ3) is 4.36. The number of benzene rings is 2. The van der Waals surface area contributed by atoms with Crippen LogP contribution >= 0.6 is 11.6 Å². The molecule has 2 aromatic carbocycles. The summed E-state index contributed by atoms with van der Waals surface area (Å²) in [6.07, 6.45) is -4.26. The van der Waals surface area contributed by atoms with E-state index in [1.54, 1.807) is 18.3 Å². The van der Waals surface area contributed by atoms with Crippen LogP contribution in [0.4, 0.5) is 13.2 Å². The summed E-state index contributed by atoms with van der Waals surface area (Å²) in [5.74, 6) is 0. The van der Waals surface area contributed by atoms with Crippen LogP contribution in [0.15, 0.2) is 71.7 Å². The molecular weight excluding hydrogens is 465 g/mol. The van der Waals surface area contributed by atoms with Gasteiger partial charge in [-0.05, 0) is 30.7 Å². The predicted molar refractivity (Wildman–Crippen MR) is 126 cm³/mol. The molecule has 3 heterocycles. The lowest BCUT2D eigenvalue weighted by atomic mass is 10.0. The summed E-state index contributed by atoms with van der Waals surface area (Å²) in [5, 5.41) is 1.24. The number of alkyl halides is 3. The number of nitrogens with zero attached hydrogens (tertiary/aromatic N) is 3. The van der Waals surface area contributed by atoms with Crippen LogP contribution in [0.5, 0.6) is 0 Å². The second-order valence-corrected chi connectivity index (χ2v) is 8.20. The first-order valence-electron chi connectivity index (χ1n) is 10.4. The first-order chi connectivity index (χ1) is 16.3. The van der Waals surface area contributed by atoms with Crippen LogP contribution in [-0.2, 0) is 6.42 Å². The van der Waals surface area contributed by atoms with Gasteiger partial charge in [-0.2, -0.15) is 13.2 Å². The molecule has 0 aliphatic heterocycles. The molecule has 5 rings (SSSR count). The van der Waals surface area contributed by atoms with Gasteiger partial charge in [0.05, 0.1) is 21.9 Å². The zero-order valence-electron chi connectivity index (χ0n) is 17.5. The number of halogens is 4. The normalized spacial score (nSPS) is 11.9. The van der Waals surface area contributed by atoms with E-state index in [2.05, 4.69) is 15.0 Å². The van der Waals surface area contributed by atoms with Crippen molar-refractivity contribution in [2.24, 2.45) is 0 Å². The summed E-state index contributed by atoms with van der Waals surface area (Å²) in [7, 11) is 0. The van der Waals surface area contributed by atoms with Crippen molar-refractivity contribution in [3.05, 3.63) is 87.8 Å². The fourth-order valence-corrected chi connectivity index (χ4v) is 4.08. The first kappa shape index (κ1) is 22.0. The van der Waals surface area contributed by atoms with Crippen LogP contribution in [-0.4, -0.2) is 26.1 Å². The molecule has 0 atom stereocenters. The van der Waals surface area contributed by atoms with E-state index in [-0.39, 0.29) is 16.7 Å². The summed E-state index contributed by atoms with van der Waals surface area (Å²) in [6, 6.07) is 17.9. The summed E-state index contributed by atoms with van der Waals surface area (Å²) in [4.78, 5) is 28.7. The highest BCUT2D eigenvalue weighted by Crippen LogP contribution is 2.34. The first-order valence-corrected chi connectivity index (χ1v) is 10.8. The van der Waals surface area contributed by atoms with Crippen LogP contribution < -0.4 is 5.56 Å². The van der Waals surface area contributed by atoms with Gasteiger partial charge in [0.25, 0.3) is 5.56 Å². The average molecular weight is 481 g/mol. The van der Waals surface area contributed by atoms with Crippen LogP contribution in [0.2, 0.25) is 5.02 Å².